The lowest BCUT2D eigenvalue weighted by Crippen LogP contribution is -2.43. The molecule has 1 amide bonds. The highest BCUT2D eigenvalue weighted by atomic mass is 16.4. The predicted molar refractivity (Wildman–Crippen MR) is 80.9 cm³/mol. The number of nitrogens with one attached hydrogen (secondary N) is 1. The van der Waals surface area contributed by atoms with Gasteiger partial charge in [0.25, 0.3) is 0 Å². The highest BCUT2D eigenvalue weighted by Gasteiger charge is 2.23. The Morgan fingerprint density at radius 3 is 2.43 bits per heavy atom. The molecule has 114 valence electrons. The molecule has 1 aliphatic rings. The van der Waals surface area contributed by atoms with Crippen LogP contribution >= 0.6 is 0 Å². The van der Waals surface area contributed by atoms with Crippen LogP contribution in [0.15, 0.2) is 30.3 Å². The molecule has 1 unspecified atom stereocenters. The second-order valence-corrected chi connectivity index (χ2v) is 5.86. The van der Waals surface area contributed by atoms with Crippen LogP contribution in [-0.2, 0) is 16.0 Å². The number of carboxylic acid groups (broad SMARTS) is 1. The lowest BCUT2D eigenvalue weighted by Gasteiger charge is -2.22. The van der Waals surface area contributed by atoms with E-state index in [4.69, 9.17) is 0 Å². The molecule has 0 spiro atoms. The molecule has 0 saturated heterocycles. The number of hydrogen-bond donors (Lipinski definition) is 2. The van der Waals surface area contributed by atoms with Gasteiger partial charge in [-0.25, -0.2) is 4.79 Å². The molecule has 1 aromatic carbocycles. The Balaban J connectivity index is 1.86. The zero-order valence-corrected chi connectivity index (χ0v) is 12.3. The number of rotatable bonds is 6. The molecule has 0 radical (unpaired) electrons. The maximum Gasteiger partial charge on any atom is 0.326 e. The Hall–Kier alpha value is -1.84. The molecule has 1 aliphatic carbocycles. The molecule has 1 fully saturated rings. The normalized spacial score (nSPS) is 17.1. The van der Waals surface area contributed by atoms with E-state index in [1.165, 1.54) is 19.3 Å². The van der Waals surface area contributed by atoms with E-state index in [-0.39, 0.29) is 5.91 Å². The minimum atomic E-state index is -0.976. The molecule has 1 saturated carbocycles. The van der Waals surface area contributed by atoms with Crippen molar-refractivity contribution < 1.29 is 14.7 Å². The Morgan fingerprint density at radius 2 is 1.81 bits per heavy atom. The summed E-state index contributed by atoms with van der Waals surface area (Å²) in [6.07, 6.45) is 6.58. The molecule has 4 nitrogen and oxygen atoms in total. The first-order chi connectivity index (χ1) is 10.1. The summed E-state index contributed by atoms with van der Waals surface area (Å²) in [5, 5.41) is 11.9. The zero-order valence-electron chi connectivity index (χ0n) is 12.3. The number of hydrogen-bond acceptors (Lipinski definition) is 2. The van der Waals surface area contributed by atoms with Crippen molar-refractivity contribution in [1.29, 1.82) is 0 Å². The fraction of sp³-hybridized carbons (Fsp3) is 0.529. The summed E-state index contributed by atoms with van der Waals surface area (Å²) in [6.45, 7) is 0. The molecule has 0 aromatic heterocycles. The van der Waals surface area contributed by atoms with Gasteiger partial charge in [0.2, 0.25) is 5.91 Å². The van der Waals surface area contributed by atoms with Crippen molar-refractivity contribution >= 4 is 11.9 Å². The van der Waals surface area contributed by atoms with E-state index >= 15 is 0 Å². The maximum absolute atomic E-state index is 12.0. The monoisotopic (exact) mass is 289 g/mol. The molecule has 0 aliphatic heterocycles. The van der Waals surface area contributed by atoms with Crippen LogP contribution in [0.2, 0.25) is 0 Å². The fourth-order valence-corrected chi connectivity index (χ4v) is 2.96. The zero-order chi connectivity index (χ0) is 15.1. The second-order valence-electron chi connectivity index (χ2n) is 5.86. The van der Waals surface area contributed by atoms with Gasteiger partial charge >= 0.3 is 5.97 Å². The lowest BCUT2D eigenvalue weighted by atomic mass is 9.87. The Labute approximate surface area is 125 Å². The van der Waals surface area contributed by atoms with Gasteiger partial charge in [0, 0.05) is 12.8 Å². The first-order valence-electron chi connectivity index (χ1n) is 7.71. The number of carboxylic acids is 1. The van der Waals surface area contributed by atoms with E-state index in [2.05, 4.69) is 5.32 Å². The van der Waals surface area contributed by atoms with E-state index in [0.717, 1.165) is 18.4 Å². The Morgan fingerprint density at radius 1 is 1.14 bits per heavy atom. The van der Waals surface area contributed by atoms with Crippen molar-refractivity contribution in [1.82, 2.24) is 5.32 Å². The number of carbonyl (C=O) groups is 2. The van der Waals surface area contributed by atoms with Crippen LogP contribution in [0.5, 0.6) is 0 Å². The number of amides is 1. The summed E-state index contributed by atoms with van der Waals surface area (Å²) in [6, 6.07) is 8.55. The maximum atomic E-state index is 12.0. The average molecular weight is 289 g/mol. The molecule has 21 heavy (non-hydrogen) atoms. The first kappa shape index (κ1) is 15.5. The smallest absolute Gasteiger partial charge is 0.326 e. The van der Waals surface area contributed by atoms with Crippen LogP contribution in [0, 0.1) is 5.92 Å². The molecular formula is C17H23NO3. The summed E-state index contributed by atoms with van der Waals surface area (Å²) in [5.74, 6) is -0.689. The summed E-state index contributed by atoms with van der Waals surface area (Å²) >= 11 is 0. The van der Waals surface area contributed by atoms with Crippen LogP contribution in [0.1, 0.15) is 44.1 Å². The summed E-state index contributed by atoms with van der Waals surface area (Å²) < 4.78 is 0. The quantitative estimate of drug-likeness (QED) is 0.846. The van der Waals surface area contributed by atoms with Gasteiger partial charge in [-0.3, -0.25) is 4.79 Å². The third-order valence-corrected chi connectivity index (χ3v) is 4.11. The van der Waals surface area contributed by atoms with Gasteiger partial charge in [0.1, 0.15) is 6.04 Å². The molecule has 1 aromatic rings. The Bertz CT molecular complexity index is 466. The Kier molecular flexibility index (Phi) is 5.78. The van der Waals surface area contributed by atoms with Crippen LogP contribution in [0.3, 0.4) is 0 Å². The summed E-state index contributed by atoms with van der Waals surface area (Å²) in [4.78, 5) is 23.4. The molecule has 1 atom stereocenters. The highest BCUT2D eigenvalue weighted by Crippen LogP contribution is 2.26. The molecule has 4 heteroatoms. The minimum absolute atomic E-state index is 0.134. The standard InChI is InChI=1S/C17H23NO3/c19-16(12-14-9-5-2-6-10-14)18-15(17(20)21)11-13-7-3-1-4-8-13/h1,3-4,7-8,14-15H,2,5-6,9-12H2,(H,18,19)(H,20,21). The SMILES string of the molecule is O=C(CC1CCCCC1)NC(Cc1ccccc1)C(=O)O. The average Bonchev–Trinajstić information content (AvgIpc) is 2.48. The number of benzene rings is 1. The number of carbonyl (C=O) groups excluding carboxylic acids is 1. The lowest BCUT2D eigenvalue weighted by molar-refractivity contribution is -0.142. The van der Waals surface area contributed by atoms with Gasteiger partial charge in [-0.2, -0.15) is 0 Å². The first-order valence-corrected chi connectivity index (χ1v) is 7.71. The van der Waals surface area contributed by atoms with Crippen molar-refractivity contribution in [2.45, 2.75) is 51.0 Å². The predicted octanol–water partition coefficient (Wildman–Crippen LogP) is 2.77. The van der Waals surface area contributed by atoms with E-state index in [9.17, 15) is 14.7 Å². The van der Waals surface area contributed by atoms with Crippen molar-refractivity contribution in [2.75, 3.05) is 0 Å². The van der Waals surface area contributed by atoms with E-state index in [1.807, 2.05) is 30.3 Å². The van der Waals surface area contributed by atoms with Crippen molar-refractivity contribution in [3.05, 3.63) is 35.9 Å². The van der Waals surface area contributed by atoms with Crippen LogP contribution in [-0.4, -0.2) is 23.0 Å². The van der Waals surface area contributed by atoms with Crippen molar-refractivity contribution in [3.63, 3.8) is 0 Å². The number of aliphatic carboxylic acids is 1. The van der Waals surface area contributed by atoms with Crippen molar-refractivity contribution in [3.8, 4) is 0 Å². The largest absolute Gasteiger partial charge is 0.480 e. The fourth-order valence-electron chi connectivity index (χ4n) is 2.96. The van der Waals surface area contributed by atoms with Gasteiger partial charge in [-0.05, 0) is 24.3 Å². The van der Waals surface area contributed by atoms with Crippen LogP contribution in [0.25, 0.3) is 0 Å². The topological polar surface area (TPSA) is 66.4 Å². The molecule has 0 heterocycles. The van der Waals surface area contributed by atoms with Gasteiger partial charge in [-0.15, -0.1) is 0 Å². The van der Waals surface area contributed by atoms with Gasteiger partial charge in [-0.1, -0.05) is 49.6 Å². The van der Waals surface area contributed by atoms with Crippen LogP contribution in [0.4, 0.5) is 0 Å². The van der Waals surface area contributed by atoms with E-state index in [1.54, 1.807) is 0 Å². The van der Waals surface area contributed by atoms with Crippen molar-refractivity contribution in [2.24, 2.45) is 5.92 Å². The molecule has 2 rings (SSSR count). The third kappa shape index (κ3) is 5.21. The van der Waals surface area contributed by atoms with Crippen LogP contribution < -0.4 is 5.32 Å². The van der Waals surface area contributed by atoms with E-state index < -0.39 is 12.0 Å². The van der Waals surface area contributed by atoms with Gasteiger partial charge in [0.15, 0.2) is 0 Å². The summed E-state index contributed by atoms with van der Waals surface area (Å²) in [7, 11) is 0. The second kappa shape index (κ2) is 7.81. The molecule has 2 N–H and O–H groups in total. The van der Waals surface area contributed by atoms with Gasteiger partial charge in [0.05, 0.1) is 0 Å². The van der Waals surface area contributed by atoms with Gasteiger partial charge < -0.3 is 10.4 Å². The molecular weight excluding hydrogens is 266 g/mol. The van der Waals surface area contributed by atoms with E-state index in [0.29, 0.717) is 18.8 Å². The highest BCUT2D eigenvalue weighted by molar-refractivity contribution is 5.83. The minimum Gasteiger partial charge on any atom is -0.480 e. The molecule has 0 bridgehead atoms. The summed E-state index contributed by atoms with van der Waals surface area (Å²) in [5.41, 5.74) is 0.919. The third-order valence-electron chi connectivity index (χ3n) is 4.11.